The van der Waals surface area contributed by atoms with Crippen molar-refractivity contribution in [1.29, 1.82) is 0 Å². The molecule has 0 aromatic heterocycles. The third-order valence-electron chi connectivity index (χ3n) is 2.84. The number of hydrogen-bond acceptors (Lipinski definition) is 5. The minimum absolute atomic E-state index is 0.114. The van der Waals surface area contributed by atoms with Gasteiger partial charge in [-0.05, 0) is 38.5 Å². The van der Waals surface area contributed by atoms with Gasteiger partial charge in [-0.1, -0.05) is 24.9 Å². The molecule has 0 aliphatic rings. The van der Waals surface area contributed by atoms with Crippen molar-refractivity contribution in [3.05, 3.63) is 28.8 Å². The fourth-order valence-electron chi connectivity index (χ4n) is 1.76. The van der Waals surface area contributed by atoms with E-state index < -0.39 is 33.0 Å². The molecule has 134 valence electrons. The Morgan fingerprint density at radius 1 is 1.29 bits per heavy atom. The van der Waals surface area contributed by atoms with Gasteiger partial charge < -0.3 is 10.1 Å². The molecule has 0 radical (unpaired) electrons. The van der Waals surface area contributed by atoms with Gasteiger partial charge in [0.1, 0.15) is 4.90 Å². The van der Waals surface area contributed by atoms with E-state index in [-0.39, 0.29) is 10.6 Å². The molecule has 0 unspecified atom stereocenters. The van der Waals surface area contributed by atoms with Crippen LogP contribution in [0.25, 0.3) is 0 Å². The SMILES string of the molecule is CCCCNC(=O)NS(=O)(=O)c1cc(Cl)ccc1C(=O)OC(C)C. The topological polar surface area (TPSA) is 102 Å². The van der Waals surface area contributed by atoms with Crippen LogP contribution in [0, 0.1) is 0 Å². The Morgan fingerprint density at radius 3 is 2.54 bits per heavy atom. The van der Waals surface area contributed by atoms with Crippen LogP contribution in [0.3, 0.4) is 0 Å². The number of hydrogen-bond donors (Lipinski definition) is 2. The number of ether oxygens (including phenoxy) is 1. The molecule has 1 aromatic carbocycles. The highest BCUT2D eigenvalue weighted by Gasteiger charge is 2.26. The fourth-order valence-corrected chi connectivity index (χ4v) is 3.14. The van der Waals surface area contributed by atoms with Gasteiger partial charge in [0.05, 0.1) is 11.7 Å². The zero-order chi connectivity index (χ0) is 18.3. The van der Waals surface area contributed by atoms with Crippen molar-refractivity contribution >= 4 is 33.6 Å². The van der Waals surface area contributed by atoms with E-state index in [1.807, 2.05) is 11.6 Å². The second kappa shape index (κ2) is 8.89. The number of benzene rings is 1. The molecule has 0 saturated heterocycles. The molecular weight excluding hydrogens is 356 g/mol. The first-order chi connectivity index (χ1) is 11.2. The van der Waals surface area contributed by atoms with Crippen LogP contribution in [0.5, 0.6) is 0 Å². The van der Waals surface area contributed by atoms with Crippen LogP contribution in [0.2, 0.25) is 5.02 Å². The summed E-state index contributed by atoms with van der Waals surface area (Å²) < 4.78 is 31.7. The second-order valence-corrected chi connectivity index (χ2v) is 7.40. The number of carbonyl (C=O) groups is 2. The molecule has 0 aliphatic carbocycles. The smallest absolute Gasteiger partial charge is 0.339 e. The number of unbranched alkanes of at least 4 members (excludes halogenated alkanes) is 1. The highest BCUT2D eigenvalue weighted by molar-refractivity contribution is 7.90. The maximum absolute atomic E-state index is 12.4. The lowest BCUT2D eigenvalue weighted by Crippen LogP contribution is -2.40. The van der Waals surface area contributed by atoms with Gasteiger partial charge in [-0.15, -0.1) is 0 Å². The summed E-state index contributed by atoms with van der Waals surface area (Å²) in [6.07, 6.45) is 1.15. The molecule has 7 nitrogen and oxygen atoms in total. The first kappa shape index (κ1) is 20.2. The molecule has 0 saturated carbocycles. The molecule has 24 heavy (non-hydrogen) atoms. The minimum atomic E-state index is -4.28. The standard InChI is InChI=1S/C15H21ClN2O5S/c1-4-5-8-17-15(20)18-24(21,22)13-9-11(16)6-7-12(13)14(19)23-10(2)3/h6-7,9-10H,4-5,8H2,1-3H3,(H2,17,18,20). The Hall–Kier alpha value is -1.80. The molecule has 0 bridgehead atoms. The summed E-state index contributed by atoms with van der Waals surface area (Å²) in [6, 6.07) is 2.85. The van der Waals surface area contributed by atoms with Crippen LogP contribution < -0.4 is 10.0 Å². The Labute approximate surface area is 146 Å². The van der Waals surface area contributed by atoms with Gasteiger partial charge in [0, 0.05) is 11.6 Å². The van der Waals surface area contributed by atoms with Crippen molar-refractivity contribution < 1.29 is 22.7 Å². The van der Waals surface area contributed by atoms with Crippen molar-refractivity contribution in [2.75, 3.05) is 6.54 Å². The van der Waals surface area contributed by atoms with Crippen molar-refractivity contribution in [2.45, 2.75) is 44.6 Å². The van der Waals surface area contributed by atoms with Gasteiger partial charge in [-0.25, -0.2) is 22.7 Å². The lowest BCUT2D eigenvalue weighted by atomic mass is 10.2. The van der Waals surface area contributed by atoms with Crippen LogP contribution in [-0.4, -0.2) is 33.1 Å². The van der Waals surface area contributed by atoms with E-state index in [1.165, 1.54) is 12.1 Å². The number of carbonyl (C=O) groups excluding carboxylic acids is 2. The molecule has 9 heteroatoms. The third kappa shape index (κ3) is 6.01. The zero-order valence-electron chi connectivity index (χ0n) is 13.8. The maximum Gasteiger partial charge on any atom is 0.339 e. The molecule has 1 aromatic rings. The largest absolute Gasteiger partial charge is 0.459 e. The second-order valence-electron chi connectivity index (χ2n) is 5.31. The molecule has 0 fully saturated rings. The van der Waals surface area contributed by atoms with Crippen LogP contribution in [0.4, 0.5) is 4.79 Å². The van der Waals surface area contributed by atoms with Crippen molar-refractivity contribution in [2.24, 2.45) is 0 Å². The monoisotopic (exact) mass is 376 g/mol. The lowest BCUT2D eigenvalue weighted by Gasteiger charge is -2.13. The number of esters is 1. The van der Waals surface area contributed by atoms with E-state index >= 15 is 0 Å². The fraction of sp³-hybridized carbons (Fsp3) is 0.467. The average Bonchev–Trinajstić information content (AvgIpc) is 2.46. The van der Waals surface area contributed by atoms with Crippen molar-refractivity contribution in [1.82, 2.24) is 10.0 Å². The van der Waals surface area contributed by atoms with Crippen LogP contribution in [0.15, 0.2) is 23.1 Å². The summed E-state index contributed by atoms with van der Waals surface area (Å²) in [6.45, 7) is 5.56. The molecule has 0 spiro atoms. The molecule has 0 atom stereocenters. The third-order valence-corrected chi connectivity index (χ3v) is 4.44. The van der Waals surface area contributed by atoms with Gasteiger partial charge in [-0.2, -0.15) is 0 Å². The van der Waals surface area contributed by atoms with Gasteiger partial charge in [0.25, 0.3) is 10.0 Å². The Kier molecular flexibility index (Phi) is 7.50. The lowest BCUT2D eigenvalue weighted by molar-refractivity contribution is 0.0373. The first-order valence-corrected chi connectivity index (χ1v) is 9.34. The van der Waals surface area contributed by atoms with Crippen molar-refractivity contribution in [3.63, 3.8) is 0 Å². The summed E-state index contributed by atoms with van der Waals surface area (Å²) in [5.74, 6) is -0.812. The number of sulfonamides is 1. The Morgan fingerprint density at radius 2 is 1.96 bits per heavy atom. The predicted octanol–water partition coefficient (Wildman–Crippen LogP) is 2.69. The molecule has 2 N–H and O–H groups in total. The molecule has 0 aliphatic heterocycles. The quantitative estimate of drug-likeness (QED) is 0.562. The molecule has 2 amide bonds. The number of rotatable bonds is 7. The van der Waals surface area contributed by atoms with E-state index in [0.717, 1.165) is 18.9 Å². The number of urea groups is 1. The maximum atomic E-state index is 12.4. The van der Waals surface area contributed by atoms with E-state index in [9.17, 15) is 18.0 Å². The van der Waals surface area contributed by atoms with Crippen molar-refractivity contribution in [3.8, 4) is 0 Å². The van der Waals surface area contributed by atoms with E-state index in [4.69, 9.17) is 16.3 Å². The van der Waals surface area contributed by atoms with E-state index in [2.05, 4.69) is 5.32 Å². The summed E-state index contributed by atoms with van der Waals surface area (Å²) >= 11 is 5.83. The minimum Gasteiger partial charge on any atom is -0.459 e. The van der Waals surface area contributed by atoms with E-state index in [1.54, 1.807) is 13.8 Å². The normalized spacial score (nSPS) is 11.2. The highest BCUT2D eigenvalue weighted by Crippen LogP contribution is 2.22. The summed E-state index contributed by atoms with van der Waals surface area (Å²) in [5.41, 5.74) is -0.193. The highest BCUT2D eigenvalue weighted by atomic mass is 35.5. The zero-order valence-corrected chi connectivity index (χ0v) is 15.3. The number of halogens is 1. The average molecular weight is 377 g/mol. The summed E-state index contributed by atoms with van der Waals surface area (Å²) in [4.78, 5) is 23.4. The summed E-state index contributed by atoms with van der Waals surface area (Å²) in [7, 11) is -4.28. The van der Waals surface area contributed by atoms with Crippen LogP contribution >= 0.6 is 11.6 Å². The van der Waals surface area contributed by atoms with E-state index in [0.29, 0.717) is 6.54 Å². The summed E-state index contributed by atoms with van der Waals surface area (Å²) in [5, 5.41) is 2.54. The van der Waals surface area contributed by atoms with Crippen LogP contribution in [0.1, 0.15) is 44.0 Å². The molecule has 1 rings (SSSR count). The predicted molar refractivity (Wildman–Crippen MR) is 90.6 cm³/mol. The number of nitrogens with one attached hydrogen (secondary N) is 2. The van der Waals surface area contributed by atoms with Crippen LogP contribution in [-0.2, 0) is 14.8 Å². The Balaban J connectivity index is 3.07. The molecule has 0 heterocycles. The number of amides is 2. The molecular formula is C15H21ClN2O5S. The van der Waals surface area contributed by atoms with Gasteiger partial charge in [0.2, 0.25) is 0 Å². The van der Waals surface area contributed by atoms with Gasteiger partial charge in [0.15, 0.2) is 0 Å². The Bertz CT molecular complexity index is 704. The van der Waals surface area contributed by atoms with Gasteiger partial charge in [-0.3, -0.25) is 0 Å². The van der Waals surface area contributed by atoms with Gasteiger partial charge >= 0.3 is 12.0 Å². The first-order valence-electron chi connectivity index (χ1n) is 7.48.